The zero-order valence-electron chi connectivity index (χ0n) is 31.3. The van der Waals surface area contributed by atoms with Crippen LogP contribution in [0.4, 0.5) is 0 Å². The number of fused-ring (bicyclic) bond motifs is 5. The predicted octanol–water partition coefficient (Wildman–Crippen LogP) is 13.3. The molecular formula is C53H33N5. The molecule has 0 aliphatic rings. The maximum atomic E-state index is 5.14. The molecule has 3 aromatic heterocycles. The molecule has 0 saturated heterocycles. The molecule has 0 N–H and O–H groups in total. The zero-order valence-corrected chi connectivity index (χ0v) is 31.3. The Morgan fingerprint density at radius 3 is 1.64 bits per heavy atom. The fourth-order valence-electron chi connectivity index (χ4n) is 8.08. The van der Waals surface area contributed by atoms with Crippen molar-refractivity contribution in [2.75, 3.05) is 0 Å². The third kappa shape index (κ3) is 6.03. The van der Waals surface area contributed by atoms with Gasteiger partial charge in [-0.3, -0.25) is 4.98 Å². The highest BCUT2D eigenvalue weighted by Crippen LogP contribution is 2.38. The zero-order chi connectivity index (χ0) is 38.4. The van der Waals surface area contributed by atoms with E-state index in [1.165, 1.54) is 10.8 Å². The number of benzene rings is 8. The molecule has 11 aromatic rings. The van der Waals surface area contributed by atoms with E-state index in [0.29, 0.717) is 17.5 Å². The summed E-state index contributed by atoms with van der Waals surface area (Å²) in [5, 5.41) is 7.97. The third-order valence-electron chi connectivity index (χ3n) is 10.9. The van der Waals surface area contributed by atoms with Gasteiger partial charge in [0.15, 0.2) is 17.5 Å². The van der Waals surface area contributed by atoms with Crippen LogP contribution in [0.25, 0.3) is 111 Å². The first-order valence-electron chi connectivity index (χ1n) is 19.4. The van der Waals surface area contributed by atoms with Gasteiger partial charge in [0.2, 0.25) is 0 Å². The van der Waals surface area contributed by atoms with Crippen molar-refractivity contribution in [2.45, 2.75) is 0 Å². The van der Waals surface area contributed by atoms with Crippen molar-refractivity contribution in [3.05, 3.63) is 200 Å². The first-order valence-corrected chi connectivity index (χ1v) is 19.4. The van der Waals surface area contributed by atoms with Gasteiger partial charge >= 0.3 is 0 Å². The highest BCUT2D eigenvalue weighted by atomic mass is 15.0. The summed E-state index contributed by atoms with van der Waals surface area (Å²) in [6.45, 7) is 0. The molecule has 11 rings (SSSR count). The summed E-state index contributed by atoms with van der Waals surface area (Å²) < 4.78 is 0. The SMILES string of the molecule is c1ccc(-c2nc(-c3ccccc3)nc(-c3cc(-c4ccc5cc(-c6nc7ccccc7c7ccncc67)ccc5c4)cc(-c4cccc5ccccc45)c3)n2)cc1. The molecule has 5 nitrogen and oxygen atoms in total. The molecule has 0 spiro atoms. The maximum Gasteiger partial charge on any atom is 0.164 e. The number of rotatable bonds is 6. The monoisotopic (exact) mass is 739 g/mol. The smallest absolute Gasteiger partial charge is 0.164 e. The summed E-state index contributed by atoms with van der Waals surface area (Å²) in [6, 6.07) is 65.7. The molecule has 0 saturated carbocycles. The second-order valence-electron chi connectivity index (χ2n) is 14.5. The lowest BCUT2D eigenvalue weighted by molar-refractivity contribution is 1.07. The van der Waals surface area contributed by atoms with Crippen LogP contribution in [0.3, 0.4) is 0 Å². The van der Waals surface area contributed by atoms with Crippen molar-refractivity contribution in [1.82, 2.24) is 24.9 Å². The Morgan fingerprint density at radius 2 is 0.879 bits per heavy atom. The van der Waals surface area contributed by atoms with Gasteiger partial charge in [-0.25, -0.2) is 19.9 Å². The van der Waals surface area contributed by atoms with E-state index in [-0.39, 0.29) is 0 Å². The van der Waals surface area contributed by atoms with E-state index in [9.17, 15) is 0 Å². The van der Waals surface area contributed by atoms with Crippen molar-refractivity contribution in [2.24, 2.45) is 0 Å². The maximum absolute atomic E-state index is 5.14. The standard InChI is InChI=1S/C53H33N5/c1-3-13-35(14-4-1)51-56-52(36-15-5-2-6-16-36)58-53(57-51)43-31-41(30-42(32-43)45-20-11-17-34-12-7-8-18-44(34)45)39-23-22-38-29-40(25-24-37(38)28-39)50-48-33-54-27-26-46(48)47-19-9-10-21-49(47)55-50/h1-33H. The van der Waals surface area contributed by atoms with Crippen LogP contribution >= 0.6 is 0 Å². The van der Waals surface area contributed by atoms with Crippen LogP contribution < -0.4 is 0 Å². The molecule has 0 unspecified atom stereocenters. The third-order valence-corrected chi connectivity index (χ3v) is 10.9. The summed E-state index contributed by atoms with van der Waals surface area (Å²) >= 11 is 0. The predicted molar refractivity (Wildman–Crippen MR) is 238 cm³/mol. The van der Waals surface area contributed by atoms with Crippen LogP contribution in [0.15, 0.2) is 200 Å². The van der Waals surface area contributed by atoms with Gasteiger partial charge in [-0.15, -0.1) is 0 Å². The molecule has 5 heteroatoms. The summed E-state index contributed by atoms with van der Waals surface area (Å²) in [5.74, 6) is 1.88. The molecule has 8 aromatic carbocycles. The number of para-hydroxylation sites is 1. The van der Waals surface area contributed by atoms with Gasteiger partial charge in [0.1, 0.15) is 0 Å². The normalized spacial score (nSPS) is 11.4. The van der Waals surface area contributed by atoms with E-state index in [4.69, 9.17) is 19.9 Å². The average Bonchev–Trinajstić information content (AvgIpc) is 3.31. The number of nitrogens with zero attached hydrogens (tertiary/aromatic N) is 5. The molecule has 58 heavy (non-hydrogen) atoms. The molecule has 0 fully saturated rings. The van der Waals surface area contributed by atoms with Gasteiger partial charge in [0.25, 0.3) is 0 Å². The first kappa shape index (κ1) is 33.4. The van der Waals surface area contributed by atoms with E-state index in [2.05, 4.69) is 126 Å². The van der Waals surface area contributed by atoms with Gasteiger partial charge < -0.3 is 0 Å². The van der Waals surface area contributed by atoms with Crippen molar-refractivity contribution in [3.63, 3.8) is 0 Å². The molecule has 0 radical (unpaired) electrons. The van der Waals surface area contributed by atoms with Gasteiger partial charge in [0.05, 0.1) is 11.2 Å². The van der Waals surface area contributed by atoms with Gasteiger partial charge in [0, 0.05) is 45.4 Å². The van der Waals surface area contributed by atoms with Crippen LogP contribution in [-0.2, 0) is 0 Å². The van der Waals surface area contributed by atoms with Crippen LogP contribution in [0, 0.1) is 0 Å². The highest BCUT2D eigenvalue weighted by molar-refractivity contribution is 6.11. The lowest BCUT2D eigenvalue weighted by Crippen LogP contribution is -2.00. The quantitative estimate of drug-likeness (QED) is 0.159. The largest absolute Gasteiger partial charge is 0.264 e. The Hall–Kier alpha value is -7.89. The summed E-state index contributed by atoms with van der Waals surface area (Å²) in [7, 11) is 0. The van der Waals surface area contributed by atoms with Crippen LogP contribution in [-0.4, -0.2) is 24.9 Å². The lowest BCUT2D eigenvalue weighted by Gasteiger charge is -2.14. The minimum atomic E-state index is 0.617. The van der Waals surface area contributed by atoms with Crippen LogP contribution in [0.2, 0.25) is 0 Å². The summed E-state index contributed by atoms with van der Waals surface area (Å²) in [6.07, 6.45) is 3.78. The van der Waals surface area contributed by atoms with Gasteiger partial charge in [-0.1, -0.05) is 146 Å². The number of pyridine rings is 2. The van der Waals surface area contributed by atoms with Gasteiger partial charge in [-0.05, 0) is 91.6 Å². The summed E-state index contributed by atoms with van der Waals surface area (Å²) in [5.41, 5.74) is 10.2. The average molecular weight is 740 g/mol. The second-order valence-corrected chi connectivity index (χ2v) is 14.5. The van der Waals surface area contributed by atoms with E-state index < -0.39 is 0 Å². The lowest BCUT2D eigenvalue weighted by atomic mass is 9.92. The number of aromatic nitrogens is 5. The molecule has 270 valence electrons. The van der Waals surface area contributed by atoms with Crippen molar-refractivity contribution < 1.29 is 0 Å². The van der Waals surface area contributed by atoms with E-state index >= 15 is 0 Å². The fourth-order valence-corrected chi connectivity index (χ4v) is 8.08. The van der Waals surface area contributed by atoms with E-state index in [1.54, 1.807) is 0 Å². The van der Waals surface area contributed by atoms with Gasteiger partial charge in [-0.2, -0.15) is 0 Å². The molecule has 0 atom stereocenters. The minimum Gasteiger partial charge on any atom is -0.264 e. The van der Waals surface area contributed by atoms with E-state index in [0.717, 1.165) is 82.6 Å². The summed E-state index contributed by atoms with van der Waals surface area (Å²) in [4.78, 5) is 24.8. The Kier molecular flexibility index (Phi) is 8.07. The molecular weight excluding hydrogens is 707 g/mol. The molecule has 0 aliphatic heterocycles. The van der Waals surface area contributed by atoms with Crippen molar-refractivity contribution in [3.8, 4) is 67.7 Å². The van der Waals surface area contributed by atoms with Crippen LogP contribution in [0.1, 0.15) is 0 Å². The minimum absolute atomic E-state index is 0.617. The van der Waals surface area contributed by atoms with Crippen LogP contribution in [0.5, 0.6) is 0 Å². The molecule has 0 aliphatic carbocycles. The highest BCUT2D eigenvalue weighted by Gasteiger charge is 2.17. The van der Waals surface area contributed by atoms with E-state index in [1.807, 2.05) is 79.1 Å². The molecule has 3 heterocycles. The Labute approximate surface area is 335 Å². The Balaban J connectivity index is 1.08. The van der Waals surface area contributed by atoms with Crippen molar-refractivity contribution >= 4 is 43.2 Å². The Bertz CT molecular complexity index is 3280. The Morgan fingerprint density at radius 1 is 0.293 bits per heavy atom. The van der Waals surface area contributed by atoms with Crippen molar-refractivity contribution in [1.29, 1.82) is 0 Å². The topological polar surface area (TPSA) is 64.5 Å². The molecule has 0 amide bonds. The molecule has 0 bridgehead atoms. The second kappa shape index (κ2) is 14.0. The number of hydrogen-bond acceptors (Lipinski definition) is 5. The number of hydrogen-bond donors (Lipinski definition) is 0. The first-order chi connectivity index (χ1) is 28.7. The fraction of sp³-hybridized carbons (Fsp3) is 0.